The minimum absolute atomic E-state index is 0.159. The second-order valence-electron chi connectivity index (χ2n) is 8.96. The molecule has 3 aromatic heterocycles. The van der Waals surface area contributed by atoms with Crippen LogP contribution in [0.3, 0.4) is 0 Å². The molecule has 1 aromatic carbocycles. The number of H-pyrrole nitrogens is 1. The molecule has 0 unspecified atom stereocenters. The van der Waals surface area contributed by atoms with Crippen molar-refractivity contribution < 1.29 is 51.3 Å². The van der Waals surface area contributed by atoms with Crippen LogP contribution in [0.4, 0.5) is 31.5 Å². The van der Waals surface area contributed by atoms with E-state index in [1.807, 2.05) is 25.2 Å². The quantitative estimate of drug-likeness (QED) is 0.198. The van der Waals surface area contributed by atoms with Gasteiger partial charge in [0.15, 0.2) is 10.8 Å². The van der Waals surface area contributed by atoms with Gasteiger partial charge in [0.2, 0.25) is 0 Å². The zero-order chi connectivity index (χ0) is 32.1. The Morgan fingerprint density at radius 3 is 2.12 bits per heavy atom. The predicted octanol–water partition coefficient (Wildman–Crippen LogP) is 4.30. The van der Waals surface area contributed by atoms with Crippen molar-refractivity contribution in [2.45, 2.75) is 37.3 Å². The van der Waals surface area contributed by atoms with E-state index in [9.17, 15) is 31.4 Å². The molecule has 232 valence electrons. The maximum atomic E-state index is 10.6. The Bertz CT molecular complexity index is 1530. The molecule has 12 nitrogen and oxygen atoms in total. The lowest BCUT2D eigenvalue weighted by Gasteiger charge is -2.40. The van der Waals surface area contributed by atoms with Crippen molar-refractivity contribution in [3.8, 4) is 28.1 Å². The summed E-state index contributed by atoms with van der Waals surface area (Å²) in [5.41, 5.74) is 3.71. The number of benzene rings is 1. The number of nitrogens with one attached hydrogen (secondary N) is 2. The number of hydrogen-bond acceptors (Lipinski definition) is 10. The summed E-state index contributed by atoms with van der Waals surface area (Å²) in [6.07, 6.45) is -4.42. The molecule has 1 aliphatic rings. The molecular weight excluding hydrogens is 612 g/mol. The fourth-order valence-electron chi connectivity index (χ4n) is 3.65. The Balaban J connectivity index is 0.000000303. The van der Waals surface area contributed by atoms with Crippen LogP contribution < -0.4 is 10.2 Å². The van der Waals surface area contributed by atoms with Crippen molar-refractivity contribution in [1.29, 1.82) is 0 Å². The van der Waals surface area contributed by atoms with Crippen LogP contribution in [0.2, 0.25) is 0 Å². The standard InChI is InChI=1S/C20H21N7OS.2C2HF3O2/c1-21-13-6-14(7-13)27(2)20-24-19-18(29-20)8-16(25-26-19)15-4-3-11(5-17(15)28)12-9-22-23-10-12;2*3-2(4,5)1(6)7/h3-5,8-10,13-14,21,28H,6-7H2,1-2H3,(H,22,23);2*(H,6,7). The van der Waals surface area contributed by atoms with Crippen molar-refractivity contribution in [2.75, 3.05) is 19.0 Å². The van der Waals surface area contributed by atoms with E-state index in [0.717, 1.165) is 33.8 Å². The molecule has 4 aromatic rings. The largest absolute Gasteiger partial charge is 0.507 e. The lowest BCUT2D eigenvalue weighted by atomic mass is 9.86. The normalized spacial score (nSPS) is 16.3. The number of phenols is 1. The van der Waals surface area contributed by atoms with Gasteiger partial charge in [0.1, 0.15) is 5.75 Å². The number of phenolic OH excluding ortho intramolecular Hbond substituents is 1. The van der Waals surface area contributed by atoms with Gasteiger partial charge in [0.25, 0.3) is 0 Å². The highest BCUT2D eigenvalue weighted by atomic mass is 32.1. The molecule has 5 rings (SSSR count). The van der Waals surface area contributed by atoms with Crippen molar-refractivity contribution in [2.24, 2.45) is 0 Å². The number of aromatic hydroxyl groups is 1. The van der Waals surface area contributed by atoms with Gasteiger partial charge in [0, 0.05) is 36.5 Å². The van der Waals surface area contributed by atoms with Crippen molar-refractivity contribution in [3.63, 3.8) is 0 Å². The summed E-state index contributed by atoms with van der Waals surface area (Å²) in [4.78, 5) is 24.7. The summed E-state index contributed by atoms with van der Waals surface area (Å²) < 4.78 is 64.4. The number of thiazole rings is 1. The van der Waals surface area contributed by atoms with Gasteiger partial charge in [-0.15, -0.1) is 10.2 Å². The number of nitrogens with zero attached hydrogens (tertiary/aromatic N) is 5. The second kappa shape index (κ2) is 13.2. The van der Waals surface area contributed by atoms with Crippen LogP contribution in [0.5, 0.6) is 5.75 Å². The van der Waals surface area contributed by atoms with Crippen molar-refractivity contribution in [3.05, 3.63) is 36.7 Å². The molecule has 1 aliphatic carbocycles. The van der Waals surface area contributed by atoms with Crippen molar-refractivity contribution >= 4 is 38.8 Å². The zero-order valence-corrected chi connectivity index (χ0v) is 22.9. The van der Waals surface area contributed by atoms with Gasteiger partial charge >= 0.3 is 24.3 Å². The van der Waals surface area contributed by atoms with Crippen LogP contribution in [0.15, 0.2) is 36.7 Å². The average molecular weight is 636 g/mol. The fourth-order valence-corrected chi connectivity index (χ4v) is 4.62. The summed E-state index contributed by atoms with van der Waals surface area (Å²) in [6.45, 7) is 0. The van der Waals surface area contributed by atoms with Crippen LogP contribution >= 0.6 is 11.3 Å². The number of carboxylic acid groups (broad SMARTS) is 2. The molecular formula is C24H23F6N7O5S. The van der Waals surface area contributed by atoms with Crippen molar-refractivity contribution in [1.82, 2.24) is 30.7 Å². The first-order valence-corrected chi connectivity index (χ1v) is 12.8. The third-order valence-corrected chi connectivity index (χ3v) is 7.19. The molecule has 1 saturated carbocycles. The number of alkyl halides is 6. The Morgan fingerprint density at radius 1 is 1.02 bits per heavy atom. The lowest BCUT2D eigenvalue weighted by Crippen LogP contribution is -2.50. The van der Waals surface area contributed by atoms with E-state index in [-0.39, 0.29) is 5.75 Å². The fraction of sp³-hybridized carbons (Fsp3) is 0.333. The highest BCUT2D eigenvalue weighted by Gasteiger charge is 2.39. The molecule has 0 radical (unpaired) electrons. The maximum Gasteiger partial charge on any atom is 0.490 e. The van der Waals surface area contributed by atoms with Gasteiger partial charge in [0.05, 0.1) is 16.6 Å². The maximum absolute atomic E-state index is 10.6. The summed E-state index contributed by atoms with van der Waals surface area (Å²) in [5, 5.41) is 44.4. The molecule has 5 N–H and O–H groups in total. The Hall–Kier alpha value is -4.52. The number of carboxylic acids is 2. The monoisotopic (exact) mass is 635 g/mol. The van der Waals surface area contributed by atoms with Gasteiger partial charge in [-0.05, 0) is 43.7 Å². The first-order chi connectivity index (χ1) is 20.0. The lowest BCUT2D eigenvalue weighted by molar-refractivity contribution is -0.193. The van der Waals surface area contributed by atoms with E-state index in [1.54, 1.807) is 29.8 Å². The van der Waals surface area contributed by atoms with E-state index >= 15 is 0 Å². The third-order valence-electron chi connectivity index (χ3n) is 6.10. The van der Waals surface area contributed by atoms with Crippen LogP contribution in [0.1, 0.15) is 12.8 Å². The van der Waals surface area contributed by atoms with Crippen LogP contribution in [0, 0.1) is 0 Å². The average Bonchev–Trinajstić information content (AvgIpc) is 3.58. The molecule has 19 heteroatoms. The Morgan fingerprint density at radius 2 is 1.63 bits per heavy atom. The van der Waals surface area contributed by atoms with Gasteiger partial charge in [-0.1, -0.05) is 17.4 Å². The minimum Gasteiger partial charge on any atom is -0.507 e. The summed E-state index contributed by atoms with van der Waals surface area (Å²) in [7, 11) is 4.09. The van der Waals surface area contributed by atoms with E-state index in [4.69, 9.17) is 19.8 Å². The van der Waals surface area contributed by atoms with Gasteiger partial charge in [-0.3, -0.25) is 5.10 Å². The summed E-state index contributed by atoms with van der Waals surface area (Å²) in [6, 6.07) is 8.55. The van der Waals surface area contributed by atoms with Crippen LogP contribution in [-0.2, 0) is 9.59 Å². The van der Waals surface area contributed by atoms with E-state index < -0.39 is 24.3 Å². The minimum atomic E-state index is -5.08. The number of aliphatic carboxylic acids is 2. The molecule has 0 aliphatic heterocycles. The van der Waals surface area contributed by atoms with Gasteiger partial charge < -0.3 is 25.5 Å². The number of aromatic amines is 1. The number of aromatic nitrogens is 5. The highest BCUT2D eigenvalue weighted by Crippen LogP contribution is 2.36. The molecule has 0 bridgehead atoms. The SMILES string of the molecule is CNC1CC(N(C)c2nc3nnc(-c4ccc(-c5cn[nH]c5)cc4O)cc3s2)C1.O=C(O)C(F)(F)F.O=C(O)C(F)(F)F. The molecule has 3 heterocycles. The predicted molar refractivity (Wildman–Crippen MR) is 142 cm³/mol. The number of hydrogen-bond donors (Lipinski definition) is 5. The van der Waals surface area contributed by atoms with Crippen LogP contribution in [0.25, 0.3) is 32.7 Å². The number of rotatable bonds is 5. The van der Waals surface area contributed by atoms with E-state index in [0.29, 0.717) is 29.0 Å². The number of carbonyl (C=O) groups is 2. The van der Waals surface area contributed by atoms with Gasteiger partial charge in [-0.25, -0.2) is 9.59 Å². The highest BCUT2D eigenvalue weighted by molar-refractivity contribution is 7.22. The summed E-state index contributed by atoms with van der Waals surface area (Å²) in [5.74, 6) is -5.35. The van der Waals surface area contributed by atoms with E-state index in [1.165, 1.54) is 0 Å². The summed E-state index contributed by atoms with van der Waals surface area (Å²) >= 11 is 1.61. The molecule has 0 atom stereocenters. The molecule has 1 fully saturated rings. The van der Waals surface area contributed by atoms with E-state index in [2.05, 4.69) is 42.6 Å². The number of fused-ring (bicyclic) bond motifs is 1. The Labute approximate surface area is 242 Å². The topological polar surface area (TPSA) is 177 Å². The molecule has 0 amide bonds. The second-order valence-corrected chi connectivity index (χ2v) is 9.97. The number of halogens is 6. The first kappa shape index (κ1) is 33.0. The molecule has 43 heavy (non-hydrogen) atoms. The first-order valence-electron chi connectivity index (χ1n) is 12.0. The molecule has 0 saturated heterocycles. The van der Waals surface area contributed by atoms with Gasteiger partial charge in [-0.2, -0.15) is 36.4 Å². The third kappa shape index (κ3) is 8.51. The zero-order valence-electron chi connectivity index (χ0n) is 22.1. The molecule has 0 spiro atoms. The van der Waals surface area contributed by atoms with Crippen LogP contribution in [-0.4, -0.2) is 91.2 Å². The smallest absolute Gasteiger partial charge is 0.490 e. The Kier molecular flexibility index (Phi) is 10.1. The number of anilines is 1.